The molecule has 3 amide bonds. The number of aromatic amines is 1. The van der Waals surface area contributed by atoms with Crippen LogP contribution in [0.3, 0.4) is 0 Å². The summed E-state index contributed by atoms with van der Waals surface area (Å²) in [5.41, 5.74) is 0.351. The van der Waals surface area contributed by atoms with Crippen molar-refractivity contribution in [3.05, 3.63) is 30.0 Å². The zero-order chi connectivity index (χ0) is 31.3. The largest absolute Gasteiger partial charge is 0.496 e. The Morgan fingerprint density at radius 1 is 1.12 bits per heavy atom. The summed E-state index contributed by atoms with van der Waals surface area (Å²) < 4.78 is 5.45. The van der Waals surface area contributed by atoms with Gasteiger partial charge in [0.25, 0.3) is 5.91 Å². The molecule has 10 heteroatoms. The maximum Gasteiger partial charge on any atom is 0.268 e. The van der Waals surface area contributed by atoms with Gasteiger partial charge in [-0.2, -0.15) is 0 Å². The predicted octanol–water partition coefficient (Wildman–Crippen LogP) is 3.43. The SMILES string of the molecule is COc1cccc2[nH]c(C(=O)NC(C(=O)N3C[C@H]4[C@@H]([C@H]3C(=O)N[C@H](C(=O)CO)C(C)(C)C)C4(C)C)C3CCCCC3)cc12. The molecular formula is C33H46N4O6. The maximum absolute atomic E-state index is 14.4. The number of hydrogen-bond acceptors (Lipinski definition) is 6. The lowest BCUT2D eigenvalue weighted by molar-refractivity contribution is -0.144. The third kappa shape index (κ3) is 5.78. The number of rotatable bonds is 9. The van der Waals surface area contributed by atoms with Crippen LogP contribution in [0.5, 0.6) is 5.75 Å². The normalized spacial score (nSPS) is 24.6. The van der Waals surface area contributed by atoms with Crippen LogP contribution in [-0.2, 0) is 14.4 Å². The van der Waals surface area contributed by atoms with Crippen LogP contribution in [0.4, 0.5) is 0 Å². The first kappa shape index (κ1) is 31.0. The molecule has 2 aliphatic carbocycles. The van der Waals surface area contributed by atoms with Crippen LogP contribution in [0.2, 0.25) is 0 Å². The highest BCUT2D eigenvalue weighted by atomic mass is 16.5. The van der Waals surface area contributed by atoms with E-state index >= 15 is 0 Å². The molecule has 2 aromatic rings. The number of carbonyl (C=O) groups is 4. The van der Waals surface area contributed by atoms with Crippen molar-refractivity contribution in [3.8, 4) is 5.75 Å². The van der Waals surface area contributed by atoms with E-state index < -0.39 is 35.9 Å². The van der Waals surface area contributed by atoms with Crippen LogP contribution in [0.1, 0.15) is 77.2 Å². The minimum atomic E-state index is -0.893. The molecule has 234 valence electrons. The summed E-state index contributed by atoms with van der Waals surface area (Å²) in [7, 11) is 1.58. The summed E-state index contributed by atoms with van der Waals surface area (Å²) in [4.78, 5) is 59.4. The summed E-state index contributed by atoms with van der Waals surface area (Å²) in [6, 6.07) is 4.84. The fourth-order valence-corrected chi connectivity index (χ4v) is 7.59. The minimum Gasteiger partial charge on any atom is -0.496 e. The first-order valence-electron chi connectivity index (χ1n) is 15.5. The van der Waals surface area contributed by atoms with Gasteiger partial charge in [-0.25, -0.2) is 0 Å². The molecule has 0 radical (unpaired) electrons. The fraction of sp³-hybridized carbons (Fsp3) is 0.636. The number of aliphatic hydroxyl groups excluding tert-OH is 1. The molecule has 4 N–H and O–H groups in total. The first-order valence-corrected chi connectivity index (χ1v) is 15.5. The van der Waals surface area contributed by atoms with E-state index in [1.807, 2.05) is 39.0 Å². The minimum absolute atomic E-state index is 0.0453. The van der Waals surface area contributed by atoms with Crippen LogP contribution >= 0.6 is 0 Å². The second-order valence-electron chi connectivity index (χ2n) is 14.3. The number of piperidine rings is 1. The molecule has 3 aliphatic rings. The van der Waals surface area contributed by atoms with E-state index in [-0.39, 0.29) is 40.9 Å². The Morgan fingerprint density at radius 2 is 1.81 bits per heavy atom. The average Bonchev–Trinajstić information content (AvgIpc) is 3.35. The van der Waals surface area contributed by atoms with Gasteiger partial charge < -0.3 is 30.4 Å². The van der Waals surface area contributed by atoms with Crippen LogP contribution in [0.25, 0.3) is 10.9 Å². The molecule has 10 nitrogen and oxygen atoms in total. The number of methoxy groups -OCH3 is 1. The third-order valence-electron chi connectivity index (χ3n) is 10.2. The summed E-state index contributed by atoms with van der Waals surface area (Å²) in [6.45, 7) is 9.46. The number of likely N-dealkylation sites (tertiary alicyclic amines) is 1. The third-order valence-corrected chi connectivity index (χ3v) is 10.2. The number of H-pyrrole nitrogens is 1. The second-order valence-corrected chi connectivity index (χ2v) is 14.3. The van der Waals surface area contributed by atoms with Gasteiger partial charge in [0.15, 0.2) is 5.78 Å². The monoisotopic (exact) mass is 594 g/mol. The van der Waals surface area contributed by atoms with E-state index in [1.165, 1.54) is 0 Å². The smallest absolute Gasteiger partial charge is 0.268 e. The van der Waals surface area contributed by atoms with Crippen molar-refractivity contribution in [1.29, 1.82) is 0 Å². The molecule has 2 saturated carbocycles. The van der Waals surface area contributed by atoms with Crippen LogP contribution in [0.15, 0.2) is 24.3 Å². The number of hydrogen-bond donors (Lipinski definition) is 4. The van der Waals surface area contributed by atoms with Gasteiger partial charge in [0.1, 0.15) is 30.1 Å². The van der Waals surface area contributed by atoms with Crippen molar-refractivity contribution in [2.45, 2.75) is 84.8 Å². The van der Waals surface area contributed by atoms with E-state index in [9.17, 15) is 24.3 Å². The lowest BCUT2D eigenvalue weighted by Gasteiger charge is -2.38. The molecular weight excluding hydrogens is 548 g/mol. The molecule has 0 spiro atoms. The zero-order valence-corrected chi connectivity index (χ0v) is 26.2. The van der Waals surface area contributed by atoms with Gasteiger partial charge in [-0.15, -0.1) is 0 Å². The fourth-order valence-electron chi connectivity index (χ4n) is 7.59. The Kier molecular flexibility index (Phi) is 8.37. The maximum atomic E-state index is 14.4. The molecule has 5 atom stereocenters. The number of fused-ring (bicyclic) bond motifs is 2. The lowest BCUT2D eigenvalue weighted by atomic mass is 9.82. The number of nitrogens with zero attached hydrogens (tertiary/aromatic N) is 1. The second kappa shape index (κ2) is 11.6. The van der Waals surface area contributed by atoms with Crippen LogP contribution in [0, 0.1) is 28.6 Å². The Balaban J connectivity index is 1.42. The predicted molar refractivity (Wildman–Crippen MR) is 162 cm³/mol. The van der Waals surface area contributed by atoms with Crippen LogP contribution in [-0.4, -0.2) is 76.9 Å². The quantitative estimate of drug-likeness (QED) is 0.351. The first-order chi connectivity index (χ1) is 20.3. The number of ketones is 1. The van der Waals surface area contributed by atoms with E-state index in [0.29, 0.717) is 18.0 Å². The van der Waals surface area contributed by atoms with Crippen molar-refractivity contribution in [2.75, 3.05) is 20.3 Å². The number of aliphatic hydroxyl groups is 1. The van der Waals surface area contributed by atoms with Crippen molar-refractivity contribution >= 4 is 34.4 Å². The van der Waals surface area contributed by atoms with Gasteiger partial charge in [-0.1, -0.05) is 59.9 Å². The van der Waals surface area contributed by atoms with Crippen molar-refractivity contribution in [2.24, 2.45) is 28.6 Å². The summed E-state index contributed by atoms with van der Waals surface area (Å²) in [6.07, 6.45) is 4.68. The lowest BCUT2D eigenvalue weighted by Crippen LogP contribution is -2.60. The molecule has 5 rings (SSSR count). The van der Waals surface area contributed by atoms with Gasteiger partial charge >= 0.3 is 0 Å². The molecule has 0 bridgehead atoms. The van der Waals surface area contributed by atoms with Gasteiger partial charge in [0.2, 0.25) is 11.8 Å². The average molecular weight is 595 g/mol. The standard InChI is InChI=1S/C33H46N4O6/c1-32(2,3)28(23(39)17-38)36-30(41)27-25-20(33(25,4)5)16-37(27)31(42)26(18-11-8-7-9-12-18)35-29(40)22-15-19-21(34-22)13-10-14-24(19)43-6/h10,13-15,18,20,25-28,34,38H,7-9,11-12,16-17H2,1-6H3,(H,35,40)(H,36,41)/t20-,25-,26?,27-,28+/m0/s1. The topological polar surface area (TPSA) is 141 Å². The number of nitrogens with one attached hydrogen (secondary N) is 3. The molecule has 43 heavy (non-hydrogen) atoms. The summed E-state index contributed by atoms with van der Waals surface area (Å²) in [5, 5.41) is 16.3. The summed E-state index contributed by atoms with van der Waals surface area (Å²) in [5.74, 6) is -0.782. The molecule has 3 fully saturated rings. The Labute approximate surface area is 253 Å². The number of aromatic nitrogens is 1. The van der Waals surface area contributed by atoms with Gasteiger partial charge in [0.05, 0.1) is 13.2 Å². The molecule has 2 heterocycles. The van der Waals surface area contributed by atoms with E-state index in [4.69, 9.17) is 4.74 Å². The number of Topliss-reactive ketones (excluding diaryl/α,β-unsaturated/α-hetero) is 1. The Hall–Kier alpha value is -3.40. The molecule has 1 aliphatic heterocycles. The number of ether oxygens (including phenoxy) is 1. The van der Waals surface area contributed by atoms with E-state index in [2.05, 4.69) is 29.5 Å². The van der Waals surface area contributed by atoms with Gasteiger partial charge in [-0.05, 0) is 59.6 Å². The van der Waals surface area contributed by atoms with Crippen molar-refractivity contribution in [3.63, 3.8) is 0 Å². The molecule has 1 saturated heterocycles. The van der Waals surface area contributed by atoms with Gasteiger partial charge in [-0.3, -0.25) is 19.2 Å². The molecule has 1 aromatic carbocycles. The number of amides is 3. The number of benzene rings is 1. The highest BCUT2D eigenvalue weighted by Gasteiger charge is 2.69. The summed E-state index contributed by atoms with van der Waals surface area (Å²) >= 11 is 0. The highest BCUT2D eigenvalue weighted by molar-refractivity contribution is 6.02. The van der Waals surface area contributed by atoms with E-state index in [1.54, 1.807) is 18.1 Å². The highest BCUT2D eigenvalue weighted by Crippen LogP contribution is 2.65. The Morgan fingerprint density at radius 3 is 2.44 bits per heavy atom. The van der Waals surface area contributed by atoms with Crippen molar-refractivity contribution in [1.82, 2.24) is 20.5 Å². The van der Waals surface area contributed by atoms with Crippen molar-refractivity contribution < 1.29 is 29.0 Å². The van der Waals surface area contributed by atoms with Crippen LogP contribution < -0.4 is 15.4 Å². The Bertz CT molecular complexity index is 1400. The number of carbonyl (C=O) groups excluding carboxylic acids is 4. The molecule has 1 unspecified atom stereocenters. The molecule has 1 aromatic heterocycles. The van der Waals surface area contributed by atoms with Gasteiger partial charge in [0, 0.05) is 17.4 Å². The zero-order valence-electron chi connectivity index (χ0n) is 26.2. The van der Waals surface area contributed by atoms with E-state index in [0.717, 1.165) is 43.0 Å².